The molecule has 8 rings (SSSR count). The van der Waals surface area contributed by atoms with Crippen LogP contribution in [0, 0.1) is 0 Å². The second-order valence-electron chi connectivity index (χ2n) is 9.52. The summed E-state index contributed by atoms with van der Waals surface area (Å²) < 4.78 is 0. The first-order valence-corrected chi connectivity index (χ1v) is 12.6. The predicted molar refractivity (Wildman–Crippen MR) is 156 cm³/mol. The molecule has 4 aromatic heterocycles. The van der Waals surface area contributed by atoms with Crippen molar-refractivity contribution in [2.45, 2.75) is 0 Å². The standard InChI is InChI=1S/C34H20N4/c1-7-25-26(27(9-1)29-17-15-23-13-11-21-5-3-19-35-31(21)33(23)37-29)8-2-10-28(25)30-18-16-24-14-12-22-6-4-20-36-32(22)34(24)38-30/h1-20H. The summed E-state index contributed by atoms with van der Waals surface area (Å²) in [6, 6.07) is 37.8. The summed E-state index contributed by atoms with van der Waals surface area (Å²) in [5.41, 5.74) is 7.73. The van der Waals surface area contributed by atoms with Crippen molar-refractivity contribution in [3.05, 3.63) is 122 Å². The Morgan fingerprint density at radius 1 is 0.342 bits per heavy atom. The molecular formula is C34H20N4. The highest BCUT2D eigenvalue weighted by Gasteiger charge is 2.13. The van der Waals surface area contributed by atoms with Gasteiger partial charge in [-0.25, -0.2) is 9.97 Å². The van der Waals surface area contributed by atoms with Gasteiger partial charge >= 0.3 is 0 Å². The van der Waals surface area contributed by atoms with Gasteiger partial charge in [0.1, 0.15) is 0 Å². The average Bonchev–Trinajstić information content (AvgIpc) is 3.00. The van der Waals surface area contributed by atoms with Crippen LogP contribution in [0.2, 0.25) is 0 Å². The summed E-state index contributed by atoms with van der Waals surface area (Å²) in [5.74, 6) is 0. The molecule has 38 heavy (non-hydrogen) atoms. The summed E-state index contributed by atoms with van der Waals surface area (Å²) in [4.78, 5) is 19.5. The van der Waals surface area contributed by atoms with Crippen LogP contribution in [0.5, 0.6) is 0 Å². The first-order valence-electron chi connectivity index (χ1n) is 12.6. The van der Waals surface area contributed by atoms with Crippen molar-refractivity contribution in [1.29, 1.82) is 0 Å². The average molecular weight is 485 g/mol. The summed E-state index contributed by atoms with van der Waals surface area (Å²) in [7, 11) is 0. The van der Waals surface area contributed by atoms with E-state index < -0.39 is 0 Å². The van der Waals surface area contributed by atoms with E-state index in [4.69, 9.17) is 9.97 Å². The Bertz CT molecular complexity index is 2040. The van der Waals surface area contributed by atoms with Gasteiger partial charge in [0.2, 0.25) is 0 Å². The third-order valence-electron chi connectivity index (χ3n) is 7.34. The molecule has 0 fully saturated rings. The lowest BCUT2D eigenvalue weighted by Crippen LogP contribution is -1.92. The van der Waals surface area contributed by atoms with Crippen LogP contribution in [0.4, 0.5) is 0 Å². The van der Waals surface area contributed by atoms with Gasteiger partial charge in [0.15, 0.2) is 0 Å². The number of nitrogens with zero attached hydrogens (tertiary/aromatic N) is 4. The zero-order valence-corrected chi connectivity index (χ0v) is 20.3. The van der Waals surface area contributed by atoms with Gasteiger partial charge in [-0.1, -0.05) is 84.9 Å². The fourth-order valence-electron chi connectivity index (χ4n) is 5.50. The Balaban J connectivity index is 1.34. The SMILES string of the molecule is c1cnc2c(c1)ccc1ccc(-c3cccc4c(-c5ccc6ccc7cccnc7c6n5)cccc34)nc12. The molecule has 0 aliphatic heterocycles. The van der Waals surface area contributed by atoms with Gasteiger partial charge < -0.3 is 0 Å². The number of pyridine rings is 4. The van der Waals surface area contributed by atoms with E-state index >= 15 is 0 Å². The lowest BCUT2D eigenvalue weighted by Gasteiger charge is -2.12. The number of hydrogen-bond donors (Lipinski definition) is 0. The summed E-state index contributed by atoms with van der Waals surface area (Å²) in [6.45, 7) is 0. The molecule has 0 unspecified atom stereocenters. The van der Waals surface area contributed by atoms with Crippen LogP contribution in [0.3, 0.4) is 0 Å². The smallest absolute Gasteiger partial charge is 0.0972 e. The molecule has 0 saturated heterocycles. The Morgan fingerprint density at radius 3 is 1.24 bits per heavy atom. The molecule has 0 radical (unpaired) electrons. The highest BCUT2D eigenvalue weighted by Crippen LogP contribution is 2.36. The molecule has 4 heteroatoms. The van der Waals surface area contributed by atoms with Crippen LogP contribution in [0.25, 0.3) is 76.9 Å². The molecule has 4 aromatic carbocycles. The quantitative estimate of drug-likeness (QED) is 0.231. The lowest BCUT2D eigenvalue weighted by molar-refractivity contribution is 1.37. The lowest BCUT2D eigenvalue weighted by atomic mass is 9.96. The second-order valence-corrected chi connectivity index (χ2v) is 9.52. The van der Waals surface area contributed by atoms with Gasteiger partial charge in [0.05, 0.1) is 33.5 Å². The molecule has 4 heterocycles. The van der Waals surface area contributed by atoms with Crippen LogP contribution in [0.15, 0.2) is 122 Å². The van der Waals surface area contributed by atoms with Gasteiger partial charge in [-0.15, -0.1) is 0 Å². The molecule has 0 atom stereocenters. The van der Waals surface area contributed by atoms with Crippen molar-refractivity contribution in [1.82, 2.24) is 19.9 Å². The van der Waals surface area contributed by atoms with E-state index in [-0.39, 0.29) is 0 Å². The van der Waals surface area contributed by atoms with Crippen molar-refractivity contribution < 1.29 is 0 Å². The van der Waals surface area contributed by atoms with E-state index in [1.54, 1.807) is 0 Å². The van der Waals surface area contributed by atoms with E-state index in [0.717, 1.165) is 76.9 Å². The van der Waals surface area contributed by atoms with E-state index in [1.165, 1.54) is 0 Å². The van der Waals surface area contributed by atoms with Gasteiger partial charge in [-0.2, -0.15) is 0 Å². The summed E-state index contributed by atoms with van der Waals surface area (Å²) >= 11 is 0. The number of rotatable bonds is 2. The van der Waals surface area contributed by atoms with Crippen LogP contribution in [-0.4, -0.2) is 19.9 Å². The molecule has 0 N–H and O–H groups in total. The molecular weight excluding hydrogens is 464 g/mol. The Labute approximate surface area is 218 Å². The number of aromatic nitrogens is 4. The predicted octanol–water partition coefficient (Wildman–Crippen LogP) is 8.37. The summed E-state index contributed by atoms with van der Waals surface area (Å²) in [6.07, 6.45) is 3.66. The van der Waals surface area contributed by atoms with Gasteiger partial charge in [-0.3, -0.25) is 9.97 Å². The minimum absolute atomic E-state index is 0.921. The van der Waals surface area contributed by atoms with E-state index in [1.807, 2.05) is 24.5 Å². The zero-order chi connectivity index (χ0) is 25.1. The number of benzene rings is 4. The molecule has 0 amide bonds. The van der Waals surface area contributed by atoms with Crippen molar-refractivity contribution >= 4 is 54.4 Å². The molecule has 0 bridgehead atoms. The molecule has 176 valence electrons. The monoisotopic (exact) mass is 484 g/mol. The molecule has 0 spiro atoms. The van der Waals surface area contributed by atoms with E-state index in [2.05, 4.69) is 107 Å². The maximum atomic E-state index is 5.11. The molecule has 4 nitrogen and oxygen atoms in total. The molecule has 0 saturated carbocycles. The first-order chi connectivity index (χ1) is 18.8. The van der Waals surface area contributed by atoms with Crippen LogP contribution >= 0.6 is 0 Å². The largest absolute Gasteiger partial charge is 0.254 e. The maximum Gasteiger partial charge on any atom is 0.0972 e. The molecule has 8 aromatic rings. The minimum Gasteiger partial charge on any atom is -0.254 e. The highest BCUT2D eigenvalue weighted by atomic mass is 14.8. The number of hydrogen-bond acceptors (Lipinski definition) is 4. The fourth-order valence-corrected chi connectivity index (χ4v) is 5.50. The van der Waals surface area contributed by atoms with Crippen LogP contribution in [-0.2, 0) is 0 Å². The Morgan fingerprint density at radius 2 is 0.763 bits per heavy atom. The third kappa shape index (κ3) is 3.17. The normalized spacial score (nSPS) is 11.7. The van der Waals surface area contributed by atoms with Crippen LogP contribution in [0.1, 0.15) is 0 Å². The fraction of sp³-hybridized carbons (Fsp3) is 0. The van der Waals surface area contributed by atoms with Crippen molar-refractivity contribution in [2.24, 2.45) is 0 Å². The zero-order valence-electron chi connectivity index (χ0n) is 20.3. The minimum atomic E-state index is 0.921. The topological polar surface area (TPSA) is 51.6 Å². The van der Waals surface area contributed by atoms with Crippen LogP contribution < -0.4 is 0 Å². The Hall–Kier alpha value is -5.22. The second kappa shape index (κ2) is 8.15. The van der Waals surface area contributed by atoms with Crippen molar-refractivity contribution in [3.63, 3.8) is 0 Å². The highest BCUT2D eigenvalue weighted by molar-refractivity contribution is 6.08. The molecule has 0 aliphatic carbocycles. The maximum absolute atomic E-state index is 5.11. The summed E-state index contributed by atoms with van der Waals surface area (Å²) in [5, 5.41) is 6.64. The van der Waals surface area contributed by atoms with Crippen molar-refractivity contribution in [2.75, 3.05) is 0 Å². The van der Waals surface area contributed by atoms with E-state index in [9.17, 15) is 0 Å². The molecule has 0 aliphatic rings. The van der Waals surface area contributed by atoms with Gasteiger partial charge in [-0.05, 0) is 35.0 Å². The van der Waals surface area contributed by atoms with Crippen molar-refractivity contribution in [3.8, 4) is 22.5 Å². The van der Waals surface area contributed by atoms with E-state index in [0.29, 0.717) is 0 Å². The number of fused-ring (bicyclic) bond motifs is 7. The van der Waals surface area contributed by atoms with Gasteiger partial charge in [0, 0.05) is 45.1 Å². The third-order valence-corrected chi connectivity index (χ3v) is 7.34. The Kier molecular flexibility index (Phi) is 4.49. The van der Waals surface area contributed by atoms with Gasteiger partial charge in [0.25, 0.3) is 0 Å². The first kappa shape index (κ1) is 20.9.